The number of nitrogens with zero attached hydrogens (tertiary/aromatic N) is 3. The van der Waals surface area contributed by atoms with Crippen LogP contribution in [0.1, 0.15) is 26.2 Å². The van der Waals surface area contributed by atoms with Crippen molar-refractivity contribution < 1.29 is 4.79 Å². The first-order valence-corrected chi connectivity index (χ1v) is 9.29. The summed E-state index contributed by atoms with van der Waals surface area (Å²) in [6.07, 6.45) is 4.58. The van der Waals surface area contributed by atoms with E-state index in [1.807, 2.05) is 22.9 Å². The molecule has 2 aliphatic rings. The topological polar surface area (TPSA) is 36.4 Å². The molecule has 0 saturated carbocycles. The molecule has 0 bridgehead atoms. The molecule has 1 fully saturated rings. The molecule has 1 unspecified atom stereocenters. The smallest absolute Gasteiger partial charge is 0.222 e. The maximum Gasteiger partial charge on any atom is 0.222 e. The normalized spacial score (nSPS) is 21.5. The van der Waals surface area contributed by atoms with Crippen LogP contribution in [-0.2, 0) is 4.79 Å². The fourth-order valence-electron chi connectivity index (χ4n) is 3.02. The number of fused-ring (bicyclic) bond motifs is 3. The number of halogens is 1. The lowest BCUT2D eigenvalue weighted by Gasteiger charge is -2.41. The van der Waals surface area contributed by atoms with Gasteiger partial charge >= 0.3 is 0 Å². The predicted octanol–water partition coefficient (Wildman–Crippen LogP) is 3.16. The number of carbonyl (C=O) groups excluding carboxylic acids is 1. The van der Waals surface area contributed by atoms with Crippen molar-refractivity contribution in [3.8, 4) is 0 Å². The zero-order valence-corrected chi connectivity index (χ0v) is 14.6. The van der Waals surface area contributed by atoms with Crippen LogP contribution in [0.3, 0.4) is 0 Å². The maximum atomic E-state index is 12.1. The van der Waals surface area contributed by atoms with Crippen LogP contribution in [0.4, 0.5) is 5.82 Å². The van der Waals surface area contributed by atoms with Crippen LogP contribution in [0.15, 0.2) is 21.6 Å². The van der Waals surface area contributed by atoms with Crippen molar-refractivity contribution in [3.63, 3.8) is 0 Å². The van der Waals surface area contributed by atoms with E-state index >= 15 is 0 Å². The summed E-state index contributed by atoms with van der Waals surface area (Å²) in [5.41, 5.74) is 0. The summed E-state index contributed by atoms with van der Waals surface area (Å²) >= 11 is 5.37. The lowest BCUT2D eigenvalue weighted by atomic mass is 10.1. The molecule has 3 rings (SSSR count). The van der Waals surface area contributed by atoms with Gasteiger partial charge < -0.3 is 9.80 Å². The Morgan fingerprint density at radius 1 is 1.52 bits per heavy atom. The summed E-state index contributed by atoms with van der Waals surface area (Å²) < 4.78 is 1.03. The van der Waals surface area contributed by atoms with Gasteiger partial charge in [0.05, 0.1) is 4.90 Å². The van der Waals surface area contributed by atoms with Crippen molar-refractivity contribution >= 4 is 39.4 Å². The molecule has 1 amide bonds. The first-order valence-electron chi connectivity index (χ1n) is 7.51. The SMILES string of the molecule is CCCC(=O)N1CCN2c3ncc(Br)cc3SCCC2C1. The third-order valence-electron chi connectivity index (χ3n) is 4.08. The minimum atomic E-state index is 0.304. The number of pyridine rings is 1. The van der Waals surface area contributed by atoms with E-state index in [4.69, 9.17) is 0 Å². The molecular formula is C15H20BrN3OS. The highest BCUT2D eigenvalue weighted by Crippen LogP contribution is 2.37. The number of amides is 1. The van der Waals surface area contributed by atoms with Crippen LogP contribution in [-0.4, -0.2) is 47.2 Å². The number of rotatable bonds is 2. The van der Waals surface area contributed by atoms with Gasteiger partial charge in [-0.25, -0.2) is 4.98 Å². The standard InChI is InChI=1S/C15H20BrN3OS/c1-2-3-14(20)18-5-6-19-12(10-18)4-7-21-13-8-11(16)9-17-15(13)19/h8-9,12H,2-7,10H2,1H3. The molecule has 1 aromatic rings. The van der Waals surface area contributed by atoms with Crippen LogP contribution < -0.4 is 4.90 Å². The third kappa shape index (κ3) is 3.21. The molecule has 0 spiro atoms. The molecule has 6 heteroatoms. The monoisotopic (exact) mass is 369 g/mol. The van der Waals surface area contributed by atoms with E-state index in [9.17, 15) is 4.79 Å². The van der Waals surface area contributed by atoms with E-state index in [-0.39, 0.29) is 0 Å². The fraction of sp³-hybridized carbons (Fsp3) is 0.600. The Kier molecular flexibility index (Phi) is 4.74. The summed E-state index contributed by atoms with van der Waals surface area (Å²) in [6, 6.07) is 2.56. The second-order valence-corrected chi connectivity index (χ2v) is 7.60. The molecule has 1 saturated heterocycles. The van der Waals surface area contributed by atoms with Gasteiger partial charge in [0.2, 0.25) is 5.91 Å². The molecule has 0 aromatic carbocycles. The van der Waals surface area contributed by atoms with Gasteiger partial charge in [-0.1, -0.05) is 6.92 Å². The second kappa shape index (κ2) is 6.57. The summed E-state index contributed by atoms with van der Waals surface area (Å²) in [6.45, 7) is 4.62. The Balaban J connectivity index is 1.79. The Bertz CT molecular complexity index is 540. The maximum absolute atomic E-state index is 12.1. The molecule has 0 N–H and O–H groups in total. The molecule has 3 heterocycles. The highest BCUT2D eigenvalue weighted by Gasteiger charge is 2.32. The molecule has 0 aliphatic carbocycles. The van der Waals surface area contributed by atoms with E-state index < -0.39 is 0 Å². The average Bonchev–Trinajstić information content (AvgIpc) is 2.65. The first-order chi connectivity index (χ1) is 10.2. The molecular weight excluding hydrogens is 350 g/mol. The van der Waals surface area contributed by atoms with Crippen molar-refractivity contribution in [1.82, 2.24) is 9.88 Å². The Morgan fingerprint density at radius 2 is 2.38 bits per heavy atom. The van der Waals surface area contributed by atoms with Crippen LogP contribution in [0, 0.1) is 0 Å². The molecule has 2 aliphatic heterocycles. The Hall–Kier alpha value is -0.750. The zero-order chi connectivity index (χ0) is 14.8. The number of anilines is 1. The van der Waals surface area contributed by atoms with Crippen LogP contribution in [0.25, 0.3) is 0 Å². The Labute approximate surface area is 138 Å². The van der Waals surface area contributed by atoms with Gasteiger partial charge in [-0.2, -0.15) is 0 Å². The van der Waals surface area contributed by atoms with Crippen molar-refractivity contribution in [2.45, 2.75) is 37.1 Å². The van der Waals surface area contributed by atoms with Gasteiger partial charge in [0.25, 0.3) is 0 Å². The van der Waals surface area contributed by atoms with E-state index in [1.54, 1.807) is 0 Å². The van der Waals surface area contributed by atoms with Crippen molar-refractivity contribution in [2.75, 3.05) is 30.3 Å². The minimum absolute atomic E-state index is 0.304. The molecule has 21 heavy (non-hydrogen) atoms. The zero-order valence-electron chi connectivity index (χ0n) is 12.2. The van der Waals surface area contributed by atoms with E-state index in [1.165, 1.54) is 4.90 Å². The summed E-state index contributed by atoms with van der Waals surface area (Å²) in [5, 5.41) is 0. The van der Waals surface area contributed by atoms with Crippen molar-refractivity contribution in [3.05, 3.63) is 16.7 Å². The predicted molar refractivity (Wildman–Crippen MR) is 89.9 cm³/mol. The average molecular weight is 370 g/mol. The quantitative estimate of drug-likeness (QED) is 0.802. The van der Waals surface area contributed by atoms with E-state index in [2.05, 4.69) is 38.8 Å². The number of carbonyl (C=O) groups is 1. The highest BCUT2D eigenvalue weighted by atomic mass is 79.9. The van der Waals surface area contributed by atoms with Crippen LogP contribution >= 0.6 is 27.7 Å². The highest BCUT2D eigenvalue weighted by molar-refractivity contribution is 9.10. The molecule has 0 radical (unpaired) electrons. The molecule has 4 nitrogen and oxygen atoms in total. The number of thioether (sulfide) groups is 1. The van der Waals surface area contributed by atoms with Crippen molar-refractivity contribution in [2.24, 2.45) is 0 Å². The molecule has 114 valence electrons. The number of hydrogen-bond acceptors (Lipinski definition) is 4. The van der Waals surface area contributed by atoms with Gasteiger partial charge in [-0.05, 0) is 34.8 Å². The molecule has 1 atom stereocenters. The number of aromatic nitrogens is 1. The van der Waals surface area contributed by atoms with Gasteiger partial charge in [-0.15, -0.1) is 11.8 Å². The van der Waals surface area contributed by atoms with E-state index in [0.29, 0.717) is 18.4 Å². The van der Waals surface area contributed by atoms with Gasteiger partial charge in [0, 0.05) is 48.5 Å². The molecule has 1 aromatic heterocycles. The second-order valence-electron chi connectivity index (χ2n) is 5.55. The number of hydrogen-bond donors (Lipinski definition) is 0. The Morgan fingerprint density at radius 3 is 3.19 bits per heavy atom. The summed E-state index contributed by atoms with van der Waals surface area (Å²) in [7, 11) is 0. The van der Waals surface area contributed by atoms with E-state index in [0.717, 1.165) is 48.5 Å². The first kappa shape index (κ1) is 15.2. The van der Waals surface area contributed by atoms with Crippen LogP contribution in [0.5, 0.6) is 0 Å². The van der Waals surface area contributed by atoms with Crippen molar-refractivity contribution in [1.29, 1.82) is 0 Å². The van der Waals surface area contributed by atoms with Gasteiger partial charge in [0.1, 0.15) is 5.82 Å². The summed E-state index contributed by atoms with van der Waals surface area (Å²) in [5.74, 6) is 2.48. The minimum Gasteiger partial charge on any atom is -0.349 e. The van der Waals surface area contributed by atoms with Crippen LogP contribution in [0.2, 0.25) is 0 Å². The fourth-order valence-corrected chi connectivity index (χ4v) is 4.62. The van der Waals surface area contributed by atoms with Gasteiger partial charge in [-0.3, -0.25) is 4.79 Å². The van der Waals surface area contributed by atoms with Gasteiger partial charge in [0.15, 0.2) is 0 Å². The lowest BCUT2D eigenvalue weighted by Crippen LogP contribution is -2.55. The third-order valence-corrected chi connectivity index (χ3v) is 5.56. The summed E-state index contributed by atoms with van der Waals surface area (Å²) in [4.78, 5) is 22.4. The largest absolute Gasteiger partial charge is 0.349 e. The number of piperazine rings is 1. The lowest BCUT2D eigenvalue weighted by molar-refractivity contribution is -0.132.